The third kappa shape index (κ3) is 3.93. The summed E-state index contributed by atoms with van der Waals surface area (Å²) in [6, 6.07) is 14.2. The van der Waals surface area contributed by atoms with Crippen molar-refractivity contribution in [1.29, 1.82) is 0 Å². The van der Waals surface area contributed by atoms with Gasteiger partial charge in [0, 0.05) is 30.9 Å². The van der Waals surface area contributed by atoms with Crippen molar-refractivity contribution in [3.8, 4) is 22.8 Å². The van der Waals surface area contributed by atoms with Gasteiger partial charge in [-0.25, -0.2) is 4.98 Å². The van der Waals surface area contributed by atoms with E-state index in [4.69, 9.17) is 14.2 Å². The van der Waals surface area contributed by atoms with Crippen molar-refractivity contribution in [2.75, 3.05) is 43.3 Å². The van der Waals surface area contributed by atoms with Gasteiger partial charge in [-0.05, 0) is 35.9 Å². The number of hydrogen-bond donors (Lipinski definition) is 1. The first-order valence-corrected chi connectivity index (χ1v) is 9.60. The van der Waals surface area contributed by atoms with Gasteiger partial charge in [-0.15, -0.1) is 5.10 Å². The van der Waals surface area contributed by atoms with Crippen LogP contribution in [-0.2, 0) is 11.3 Å². The normalized spacial score (nSPS) is 15.4. The zero-order valence-corrected chi connectivity index (χ0v) is 15.9. The molecule has 29 heavy (non-hydrogen) atoms. The summed E-state index contributed by atoms with van der Waals surface area (Å²) < 4.78 is 16.2. The van der Waals surface area contributed by atoms with Gasteiger partial charge in [-0.3, -0.25) is 0 Å². The van der Waals surface area contributed by atoms with Crippen molar-refractivity contribution in [3.63, 3.8) is 0 Å². The molecule has 1 aromatic heterocycles. The molecule has 1 saturated heterocycles. The maximum absolute atomic E-state index is 5.44. The van der Waals surface area contributed by atoms with Crippen LogP contribution in [0.3, 0.4) is 0 Å². The van der Waals surface area contributed by atoms with Gasteiger partial charge in [0.05, 0.1) is 25.1 Å². The molecule has 1 N–H and O–H groups in total. The standard InChI is InChI=1S/C21H21N5O3/c1-4-17(26-7-9-27-10-8-26)5-2-15(1)12-22-21-24-18(13-23-25-21)16-3-6-19-20(11-16)29-14-28-19/h1-6,11,13H,7-10,12,14H2,(H,22,24,25). The Labute approximate surface area is 168 Å². The van der Waals surface area contributed by atoms with E-state index >= 15 is 0 Å². The lowest BCUT2D eigenvalue weighted by Crippen LogP contribution is -2.36. The van der Waals surface area contributed by atoms with Gasteiger partial charge in [0.25, 0.3) is 0 Å². The van der Waals surface area contributed by atoms with Gasteiger partial charge in [0.2, 0.25) is 12.7 Å². The van der Waals surface area contributed by atoms with E-state index in [0.717, 1.165) is 54.6 Å². The van der Waals surface area contributed by atoms with Gasteiger partial charge < -0.3 is 24.4 Å². The Balaban J connectivity index is 1.25. The first kappa shape index (κ1) is 17.7. The molecule has 0 atom stereocenters. The summed E-state index contributed by atoms with van der Waals surface area (Å²) in [7, 11) is 0. The van der Waals surface area contributed by atoms with Gasteiger partial charge in [-0.1, -0.05) is 12.1 Å². The Kier molecular flexibility index (Phi) is 4.83. The predicted octanol–water partition coefficient (Wildman–Crippen LogP) is 2.72. The number of nitrogens with zero attached hydrogens (tertiary/aromatic N) is 4. The molecule has 0 bridgehead atoms. The van der Waals surface area contributed by atoms with Crippen LogP contribution in [0, 0.1) is 0 Å². The van der Waals surface area contributed by atoms with E-state index in [-0.39, 0.29) is 6.79 Å². The summed E-state index contributed by atoms with van der Waals surface area (Å²) in [5, 5.41) is 11.4. The molecule has 8 heteroatoms. The molecule has 8 nitrogen and oxygen atoms in total. The average molecular weight is 391 g/mol. The molecule has 0 amide bonds. The molecule has 2 aliphatic rings. The first-order valence-electron chi connectivity index (χ1n) is 9.60. The Bertz CT molecular complexity index is 990. The lowest BCUT2D eigenvalue weighted by atomic mass is 10.1. The number of hydrogen-bond acceptors (Lipinski definition) is 8. The lowest BCUT2D eigenvalue weighted by molar-refractivity contribution is 0.122. The maximum Gasteiger partial charge on any atom is 0.243 e. The Morgan fingerprint density at radius 1 is 0.966 bits per heavy atom. The number of morpholine rings is 1. The minimum atomic E-state index is 0.248. The van der Waals surface area contributed by atoms with E-state index < -0.39 is 0 Å². The second kappa shape index (κ2) is 7.92. The van der Waals surface area contributed by atoms with E-state index in [2.05, 4.69) is 49.7 Å². The van der Waals surface area contributed by atoms with Crippen molar-refractivity contribution < 1.29 is 14.2 Å². The second-order valence-corrected chi connectivity index (χ2v) is 6.85. The highest BCUT2D eigenvalue weighted by Gasteiger charge is 2.15. The van der Waals surface area contributed by atoms with Crippen LogP contribution in [-0.4, -0.2) is 48.3 Å². The molecule has 2 aliphatic heterocycles. The van der Waals surface area contributed by atoms with Gasteiger partial charge >= 0.3 is 0 Å². The number of benzene rings is 2. The molecular weight excluding hydrogens is 370 g/mol. The van der Waals surface area contributed by atoms with E-state index in [1.165, 1.54) is 5.69 Å². The van der Waals surface area contributed by atoms with Gasteiger partial charge in [0.15, 0.2) is 11.5 Å². The summed E-state index contributed by atoms with van der Waals surface area (Å²) in [6.45, 7) is 4.31. The summed E-state index contributed by atoms with van der Waals surface area (Å²) >= 11 is 0. The summed E-state index contributed by atoms with van der Waals surface area (Å²) in [5.74, 6) is 1.95. The Morgan fingerprint density at radius 2 is 1.79 bits per heavy atom. The summed E-state index contributed by atoms with van der Waals surface area (Å²) in [5.41, 5.74) is 4.00. The highest BCUT2D eigenvalue weighted by molar-refractivity contribution is 5.64. The smallest absolute Gasteiger partial charge is 0.243 e. The molecule has 5 rings (SSSR count). The quantitative estimate of drug-likeness (QED) is 0.711. The number of ether oxygens (including phenoxy) is 3. The molecule has 1 fully saturated rings. The molecule has 148 valence electrons. The van der Waals surface area contributed by atoms with Gasteiger partial charge in [0.1, 0.15) is 0 Å². The second-order valence-electron chi connectivity index (χ2n) is 6.85. The average Bonchev–Trinajstić information content (AvgIpc) is 3.27. The zero-order chi connectivity index (χ0) is 19.5. The summed E-state index contributed by atoms with van der Waals surface area (Å²) in [6.07, 6.45) is 1.64. The van der Waals surface area contributed by atoms with Crippen LogP contribution in [0.5, 0.6) is 11.5 Å². The molecule has 3 aromatic rings. The third-order valence-corrected chi connectivity index (χ3v) is 4.99. The van der Waals surface area contributed by atoms with Crippen LogP contribution < -0.4 is 19.7 Å². The topological polar surface area (TPSA) is 81.6 Å². The number of anilines is 2. The van der Waals surface area contributed by atoms with Crippen LogP contribution in [0.1, 0.15) is 5.56 Å². The monoisotopic (exact) mass is 391 g/mol. The van der Waals surface area contributed by atoms with E-state index in [1.54, 1.807) is 6.20 Å². The van der Waals surface area contributed by atoms with Crippen LogP contribution in [0.2, 0.25) is 0 Å². The van der Waals surface area contributed by atoms with Crippen LogP contribution >= 0.6 is 0 Å². The molecule has 0 unspecified atom stereocenters. The maximum atomic E-state index is 5.44. The molecule has 0 aliphatic carbocycles. The molecule has 2 aromatic carbocycles. The fourth-order valence-electron chi connectivity index (χ4n) is 3.40. The fourth-order valence-corrected chi connectivity index (χ4v) is 3.40. The van der Waals surface area contributed by atoms with Crippen LogP contribution in [0.15, 0.2) is 48.7 Å². The highest BCUT2D eigenvalue weighted by atomic mass is 16.7. The van der Waals surface area contributed by atoms with Crippen molar-refractivity contribution in [2.24, 2.45) is 0 Å². The van der Waals surface area contributed by atoms with Crippen LogP contribution in [0.25, 0.3) is 11.3 Å². The number of nitrogens with one attached hydrogen (secondary N) is 1. The SMILES string of the molecule is c1cc(N2CCOCC2)ccc1CNc1nncc(-c2ccc3c(c2)OCO3)n1. The van der Waals surface area contributed by atoms with Crippen molar-refractivity contribution in [2.45, 2.75) is 6.54 Å². The Hall–Kier alpha value is -3.39. The third-order valence-electron chi connectivity index (χ3n) is 4.99. The minimum Gasteiger partial charge on any atom is -0.454 e. The Morgan fingerprint density at radius 3 is 2.66 bits per heavy atom. The summed E-state index contributed by atoms with van der Waals surface area (Å²) in [4.78, 5) is 6.91. The van der Waals surface area contributed by atoms with E-state index in [9.17, 15) is 0 Å². The van der Waals surface area contributed by atoms with E-state index in [1.807, 2.05) is 18.2 Å². The first-order chi connectivity index (χ1) is 14.3. The molecule has 3 heterocycles. The van der Waals surface area contributed by atoms with Crippen molar-refractivity contribution in [1.82, 2.24) is 15.2 Å². The molecular formula is C21H21N5O3. The molecule has 0 spiro atoms. The predicted molar refractivity (Wildman–Crippen MR) is 108 cm³/mol. The number of aromatic nitrogens is 3. The fraction of sp³-hybridized carbons (Fsp3) is 0.286. The lowest BCUT2D eigenvalue weighted by Gasteiger charge is -2.28. The number of rotatable bonds is 5. The van der Waals surface area contributed by atoms with Crippen molar-refractivity contribution >= 4 is 11.6 Å². The minimum absolute atomic E-state index is 0.248. The number of fused-ring (bicyclic) bond motifs is 1. The molecule has 0 saturated carbocycles. The zero-order valence-electron chi connectivity index (χ0n) is 15.9. The van der Waals surface area contributed by atoms with Crippen LogP contribution in [0.4, 0.5) is 11.6 Å². The van der Waals surface area contributed by atoms with Crippen molar-refractivity contribution in [3.05, 3.63) is 54.2 Å². The molecule has 0 radical (unpaired) electrons. The highest BCUT2D eigenvalue weighted by Crippen LogP contribution is 2.35. The largest absolute Gasteiger partial charge is 0.454 e. The van der Waals surface area contributed by atoms with Gasteiger partial charge in [-0.2, -0.15) is 5.10 Å². The van der Waals surface area contributed by atoms with E-state index in [0.29, 0.717) is 12.5 Å².